The van der Waals surface area contributed by atoms with Crippen molar-refractivity contribution in [3.05, 3.63) is 65.0 Å². The molecule has 2 aromatic rings. The molecule has 1 unspecified atom stereocenters. The number of hydrazine groups is 1. The molecule has 0 radical (unpaired) electrons. The van der Waals surface area contributed by atoms with Crippen molar-refractivity contribution in [1.29, 1.82) is 0 Å². The zero-order chi connectivity index (χ0) is 13.1. The molecule has 94 valence electrons. The second-order valence-electron chi connectivity index (χ2n) is 3.99. The largest absolute Gasteiger partial charge is 0.271 e. The maximum atomic E-state index is 13.9. The van der Waals surface area contributed by atoms with Gasteiger partial charge in [0.1, 0.15) is 0 Å². The zero-order valence-corrected chi connectivity index (χ0v) is 9.82. The number of halogens is 2. The summed E-state index contributed by atoms with van der Waals surface area (Å²) in [5.74, 6) is 3.69. The zero-order valence-electron chi connectivity index (χ0n) is 9.82. The van der Waals surface area contributed by atoms with Crippen LogP contribution in [-0.2, 0) is 0 Å². The number of nitrogens with two attached hydrogens (primary N) is 1. The molecule has 1 aromatic carbocycles. The molecule has 0 bridgehead atoms. The second kappa shape index (κ2) is 5.20. The van der Waals surface area contributed by atoms with Crippen LogP contribution in [-0.4, -0.2) is 4.98 Å². The molecular formula is C13H13F2N3. The van der Waals surface area contributed by atoms with Gasteiger partial charge in [0, 0.05) is 18.0 Å². The van der Waals surface area contributed by atoms with E-state index in [9.17, 15) is 8.78 Å². The van der Waals surface area contributed by atoms with Crippen molar-refractivity contribution in [2.75, 3.05) is 0 Å². The van der Waals surface area contributed by atoms with Gasteiger partial charge in [-0.05, 0) is 24.1 Å². The highest BCUT2D eigenvalue weighted by Crippen LogP contribution is 2.25. The van der Waals surface area contributed by atoms with Crippen LogP contribution in [0.1, 0.15) is 22.7 Å². The topological polar surface area (TPSA) is 50.9 Å². The molecule has 0 spiro atoms. The van der Waals surface area contributed by atoms with Crippen molar-refractivity contribution >= 4 is 0 Å². The van der Waals surface area contributed by atoms with E-state index in [4.69, 9.17) is 5.84 Å². The van der Waals surface area contributed by atoms with Crippen molar-refractivity contribution in [2.45, 2.75) is 13.0 Å². The molecule has 0 saturated heterocycles. The Labute approximate surface area is 104 Å². The van der Waals surface area contributed by atoms with Crippen LogP contribution in [0.3, 0.4) is 0 Å². The van der Waals surface area contributed by atoms with E-state index < -0.39 is 17.7 Å². The van der Waals surface area contributed by atoms with Crippen molar-refractivity contribution in [1.82, 2.24) is 10.4 Å². The van der Waals surface area contributed by atoms with E-state index in [1.165, 1.54) is 19.1 Å². The number of hydrogen-bond donors (Lipinski definition) is 2. The monoisotopic (exact) mass is 249 g/mol. The van der Waals surface area contributed by atoms with Crippen molar-refractivity contribution < 1.29 is 8.78 Å². The van der Waals surface area contributed by atoms with Crippen molar-refractivity contribution in [3.8, 4) is 0 Å². The summed E-state index contributed by atoms with van der Waals surface area (Å²) < 4.78 is 27.4. The lowest BCUT2D eigenvalue weighted by Gasteiger charge is -2.17. The van der Waals surface area contributed by atoms with E-state index >= 15 is 0 Å². The van der Waals surface area contributed by atoms with Crippen LogP contribution in [0.2, 0.25) is 0 Å². The molecule has 3 nitrogen and oxygen atoms in total. The highest BCUT2D eigenvalue weighted by Gasteiger charge is 2.20. The first kappa shape index (κ1) is 12.6. The number of rotatable bonds is 3. The van der Waals surface area contributed by atoms with Gasteiger partial charge in [0.15, 0.2) is 11.6 Å². The summed E-state index contributed by atoms with van der Waals surface area (Å²) in [5.41, 5.74) is 3.57. The Kier molecular flexibility index (Phi) is 3.64. The summed E-state index contributed by atoms with van der Waals surface area (Å²) in [6, 6.07) is 5.87. The van der Waals surface area contributed by atoms with E-state index in [0.29, 0.717) is 5.56 Å². The highest BCUT2D eigenvalue weighted by molar-refractivity contribution is 5.34. The van der Waals surface area contributed by atoms with E-state index in [1.807, 2.05) is 0 Å². The summed E-state index contributed by atoms with van der Waals surface area (Å²) in [6.45, 7) is 1.51. The van der Waals surface area contributed by atoms with E-state index in [2.05, 4.69) is 10.4 Å². The van der Waals surface area contributed by atoms with Crippen LogP contribution >= 0.6 is 0 Å². The summed E-state index contributed by atoms with van der Waals surface area (Å²) in [6.07, 6.45) is 3.16. The quantitative estimate of drug-likeness (QED) is 0.647. The first-order valence-electron chi connectivity index (χ1n) is 5.45. The predicted octanol–water partition coefficient (Wildman–Crippen LogP) is 2.22. The van der Waals surface area contributed by atoms with Gasteiger partial charge in [-0.15, -0.1) is 0 Å². The maximum Gasteiger partial charge on any atom is 0.164 e. The van der Waals surface area contributed by atoms with Crippen LogP contribution in [0.15, 0.2) is 36.7 Å². The third kappa shape index (κ3) is 2.23. The molecule has 5 heteroatoms. The summed E-state index contributed by atoms with van der Waals surface area (Å²) in [7, 11) is 0. The molecule has 1 atom stereocenters. The van der Waals surface area contributed by atoms with Crippen LogP contribution in [0.25, 0.3) is 0 Å². The predicted molar refractivity (Wildman–Crippen MR) is 64.5 cm³/mol. The molecule has 0 aliphatic heterocycles. The van der Waals surface area contributed by atoms with Gasteiger partial charge in [0.25, 0.3) is 0 Å². The van der Waals surface area contributed by atoms with Gasteiger partial charge < -0.3 is 0 Å². The average molecular weight is 249 g/mol. The molecular weight excluding hydrogens is 236 g/mol. The number of aromatic nitrogens is 1. The minimum Gasteiger partial charge on any atom is -0.271 e. The minimum atomic E-state index is -0.887. The molecule has 0 saturated carbocycles. The van der Waals surface area contributed by atoms with E-state index in [1.54, 1.807) is 24.5 Å². The Morgan fingerprint density at radius 1 is 1.22 bits per heavy atom. The van der Waals surface area contributed by atoms with Gasteiger partial charge in [-0.3, -0.25) is 10.8 Å². The molecule has 0 aliphatic rings. The normalized spacial score (nSPS) is 12.4. The smallest absolute Gasteiger partial charge is 0.164 e. The molecule has 1 heterocycles. The van der Waals surface area contributed by atoms with Crippen molar-refractivity contribution in [2.24, 2.45) is 5.84 Å². The van der Waals surface area contributed by atoms with Gasteiger partial charge in [0.05, 0.1) is 6.04 Å². The summed E-state index contributed by atoms with van der Waals surface area (Å²) in [5, 5.41) is 0. The van der Waals surface area contributed by atoms with Gasteiger partial charge in [-0.25, -0.2) is 14.2 Å². The molecule has 0 amide bonds. The third-order valence-corrected chi connectivity index (χ3v) is 2.80. The number of nitrogens with one attached hydrogen (secondary N) is 1. The fraction of sp³-hybridized carbons (Fsp3) is 0.154. The number of nitrogens with zero attached hydrogens (tertiary/aromatic N) is 1. The average Bonchev–Trinajstić information content (AvgIpc) is 2.41. The van der Waals surface area contributed by atoms with E-state index in [0.717, 1.165) is 0 Å². The Balaban J connectivity index is 2.50. The highest BCUT2D eigenvalue weighted by atomic mass is 19.2. The summed E-state index contributed by atoms with van der Waals surface area (Å²) >= 11 is 0. The van der Waals surface area contributed by atoms with Gasteiger partial charge in [-0.1, -0.05) is 18.2 Å². The Bertz CT molecular complexity index is 543. The number of aryl methyl sites for hydroxylation is 1. The fourth-order valence-electron chi connectivity index (χ4n) is 1.80. The van der Waals surface area contributed by atoms with Crippen LogP contribution in [0.4, 0.5) is 8.78 Å². The number of hydrogen-bond acceptors (Lipinski definition) is 3. The molecule has 1 aromatic heterocycles. The number of benzene rings is 1. The van der Waals surface area contributed by atoms with Gasteiger partial charge in [-0.2, -0.15) is 0 Å². The Morgan fingerprint density at radius 3 is 2.61 bits per heavy atom. The van der Waals surface area contributed by atoms with Crippen LogP contribution in [0.5, 0.6) is 0 Å². The van der Waals surface area contributed by atoms with Crippen molar-refractivity contribution in [3.63, 3.8) is 0 Å². The third-order valence-electron chi connectivity index (χ3n) is 2.80. The molecule has 0 aliphatic carbocycles. The first-order valence-corrected chi connectivity index (χ1v) is 5.45. The second-order valence-corrected chi connectivity index (χ2v) is 3.99. The minimum absolute atomic E-state index is 0.161. The Morgan fingerprint density at radius 2 is 2.00 bits per heavy atom. The standard InChI is InChI=1S/C13H13F2N3/c1-8-4-5-10(12(15)11(8)14)13(18-16)9-3-2-6-17-7-9/h2-7,13,18H,16H2,1H3. The van der Waals surface area contributed by atoms with Gasteiger partial charge in [0.2, 0.25) is 0 Å². The molecule has 18 heavy (non-hydrogen) atoms. The number of pyridine rings is 1. The van der Waals surface area contributed by atoms with Crippen LogP contribution in [0, 0.1) is 18.6 Å². The lowest BCUT2D eigenvalue weighted by atomic mass is 9.99. The maximum absolute atomic E-state index is 13.9. The van der Waals surface area contributed by atoms with E-state index in [-0.39, 0.29) is 11.1 Å². The lowest BCUT2D eigenvalue weighted by molar-refractivity contribution is 0.478. The summed E-state index contributed by atoms with van der Waals surface area (Å²) in [4.78, 5) is 3.94. The molecule has 2 rings (SSSR count). The first-order chi connectivity index (χ1) is 8.65. The SMILES string of the molecule is Cc1ccc(C(NN)c2cccnc2)c(F)c1F. The fourth-order valence-corrected chi connectivity index (χ4v) is 1.80. The lowest BCUT2D eigenvalue weighted by Crippen LogP contribution is -2.29. The Hall–Kier alpha value is -1.85. The molecule has 0 fully saturated rings. The van der Waals surface area contributed by atoms with Crippen LogP contribution < -0.4 is 11.3 Å². The molecule has 3 N–H and O–H groups in total. The van der Waals surface area contributed by atoms with Gasteiger partial charge >= 0.3 is 0 Å².